The fourth-order valence-electron chi connectivity index (χ4n) is 2.23. The lowest BCUT2D eigenvalue weighted by molar-refractivity contribution is -0.121. The first-order valence-electron chi connectivity index (χ1n) is 7.50. The van der Waals surface area contributed by atoms with E-state index < -0.39 is 0 Å². The zero-order chi connectivity index (χ0) is 16.4. The van der Waals surface area contributed by atoms with Crippen molar-refractivity contribution in [2.24, 2.45) is 0 Å². The van der Waals surface area contributed by atoms with E-state index in [2.05, 4.69) is 20.6 Å². The van der Waals surface area contributed by atoms with Gasteiger partial charge in [0.1, 0.15) is 11.7 Å². The van der Waals surface area contributed by atoms with Gasteiger partial charge in [0.2, 0.25) is 11.8 Å². The molecule has 7 heteroatoms. The van der Waals surface area contributed by atoms with Gasteiger partial charge in [0, 0.05) is 11.3 Å². The van der Waals surface area contributed by atoms with Crippen molar-refractivity contribution in [3.05, 3.63) is 41.7 Å². The van der Waals surface area contributed by atoms with Gasteiger partial charge in [-0.2, -0.15) is 4.98 Å². The third kappa shape index (κ3) is 3.23. The average Bonchev–Trinajstić information content (AvgIpc) is 3.15. The van der Waals surface area contributed by atoms with Crippen LogP contribution in [0.4, 0.5) is 0 Å². The second-order valence-corrected chi connectivity index (χ2v) is 5.74. The molecule has 7 nitrogen and oxygen atoms in total. The van der Waals surface area contributed by atoms with E-state index in [0.29, 0.717) is 23.0 Å². The fraction of sp³-hybridized carbons (Fsp3) is 0.375. The monoisotopic (exact) mass is 314 g/mol. The summed E-state index contributed by atoms with van der Waals surface area (Å²) in [5.74, 6) is 1.02. The van der Waals surface area contributed by atoms with Crippen molar-refractivity contribution in [2.75, 3.05) is 0 Å². The summed E-state index contributed by atoms with van der Waals surface area (Å²) in [6.07, 6.45) is 0.131. The summed E-state index contributed by atoms with van der Waals surface area (Å²) >= 11 is 0. The predicted octanol–water partition coefficient (Wildman–Crippen LogP) is 2.75. The Morgan fingerprint density at radius 2 is 1.96 bits per heavy atom. The SMILES string of the molecule is CC(C)c1noc(C(C)NC(=O)Cc2noc3ccccc23)n1. The standard InChI is InChI=1S/C16H18N4O3/c1-9(2)15-18-16(23-20-15)10(3)17-14(21)8-12-11-6-4-5-7-13(11)22-19-12/h4-7,9-10H,8H2,1-3H3,(H,17,21). The molecule has 23 heavy (non-hydrogen) atoms. The number of benzene rings is 1. The quantitative estimate of drug-likeness (QED) is 0.778. The van der Waals surface area contributed by atoms with Gasteiger partial charge in [-0.15, -0.1) is 0 Å². The number of carbonyl (C=O) groups is 1. The molecular weight excluding hydrogens is 296 g/mol. The molecule has 2 heterocycles. The van der Waals surface area contributed by atoms with E-state index in [0.717, 1.165) is 5.39 Å². The highest BCUT2D eigenvalue weighted by molar-refractivity contribution is 5.86. The maximum absolute atomic E-state index is 12.2. The Labute approximate surface area is 133 Å². The highest BCUT2D eigenvalue weighted by Gasteiger charge is 2.19. The van der Waals surface area contributed by atoms with Crippen molar-refractivity contribution in [1.29, 1.82) is 0 Å². The third-order valence-corrected chi connectivity index (χ3v) is 3.50. The number of fused-ring (bicyclic) bond motifs is 1. The van der Waals surface area contributed by atoms with E-state index in [4.69, 9.17) is 9.05 Å². The highest BCUT2D eigenvalue weighted by atomic mass is 16.5. The number of nitrogens with zero attached hydrogens (tertiary/aromatic N) is 3. The van der Waals surface area contributed by atoms with Gasteiger partial charge in [0.15, 0.2) is 11.4 Å². The first kappa shape index (κ1) is 15.2. The number of carbonyl (C=O) groups excluding carboxylic acids is 1. The van der Waals surface area contributed by atoms with Crippen LogP contribution in [0.2, 0.25) is 0 Å². The number of hydrogen-bond donors (Lipinski definition) is 1. The van der Waals surface area contributed by atoms with E-state index in [1.54, 1.807) is 6.92 Å². The molecule has 1 unspecified atom stereocenters. The van der Waals surface area contributed by atoms with Gasteiger partial charge in [-0.3, -0.25) is 4.79 Å². The van der Waals surface area contributed by atoms with Gasteiger partial charge in [0.25, 0.3) is 0 Å². The summed E-state index contributed by atoms with van der Waals surface area (Å²) < 4.78 is 10.4. The molecule has 0 saturated carbocycles. The highest BCUT2D eigenvalue weighted by Crippen LogP contribution is 2.19. The first-order chi connectivity index (χ1) is 11.0. The van der Waals surface area contributed by atoms with Crippen LogP contribution >= 0.6 is 0 Å². The summed E-state index contributed by atoms with van der Waals surface area (Å²) in [6, 6.07) is 7.08. The Morgan fingerprint density at radius 3 is 2.70 bits per heavy atom. The Kier molecular flexibility index (Phi) is 4.10. The lowest BCUT2D eigenvalue weighted by Crippen LogP contribution is -2.28. The summed E-state index contributed by atoms with van der Waals surface area (Å²) in [4.78, 5) is 16.5. The van der Waals surface area contributed by atoms with E-state index in [-0.39, 0.29) is 24.3 Å². The lowest BCUT2D eigenvalue weighted by Gasteiger charge is -2.08. The van der Waals surface area contributed by atoms with Gasteiger partial charge >= 0.3 is 0 Å². The van der Waals surface area contributed by atoms with Crippen LogP contribution in [0.3, 0.4) is 0 Å². The molecule has 120 valence electrons. The molecule has 0 spiro atoms. The minimum Gasteiger partial charge on any atom is -0.356 e. The number of amides is 1. The largest absolute Gasteiger partial charge is 0.356 e. The number of hydrogen-bond acceptors (Lipinski definition) is 6. The van der Waals surface area contributed by atoms with Gasteiger partial charge in [-0.25, -0.2) is 0 Å². The van der Waals surface area contributed by atoms with Crippen molar-refractivity contribution < 1.29 is 13.8 Å². The van der Waals surface area contributed by atoms with Gasteiger partial charge in [-0.05, 0) is 19.1 Å². The second-order valence-electron chi connectivity index (χ2n) is 5.74. The maximum atomic E-state index is 12.2. The number of nitrogens with one attached hydrogen (secondary N) is 1. The molecule has 1 N–H and O–H groups in total. The van der Waals surface area contributed by atoms with Crippen molar-refractivity contribution in [2.45, 2.75) is 39.2 Å². The van der Waals surface area contributed by atoms with Crippen LogP contribution in [0, 0.1) is 0 Å². The topological polar surface area (TPSA) is 94.1 Å². The molecular formula is C16H18N4O3. The molecule has 0 fully saturated rings. The zero-order valence-electron chi connectivity index (χ0n) is 13.2. The van der Waals surface area contributed by atoms with Crippen LogP contribution in [0.25, 0.3) is 11.0 Å². The third-order valence-electron chi connectivity index (χ3n) is 3.50. The molecule has 1 aromatic carbocycles. The second kappa shape index (κ2) is 6.20. The molecule has 0 aliphatic rings. The predicted molar refractivity (Wildman–Crippen MR) is 82.7 cm³/mol. The Bertz CT molecular complexity index is 821. The Balaban J connectivity index is 1.66. The number of rotatable bonds is 5. The Hall–Kier alpha value is -2.70. The van der Waals surface area contributed by atoms with Gasteiger partial charge < -0.3 is 14.4 Å². The van der Waals surface area contributed by atoms with Crippen molar-refractivity contribution in [3.63, 3.8) is 0 Å². The van der Waals surface area contributed by atoms with E-state index in [9.17, 15) is 4.79 Å². The van der Waals surface area contributed by atoms with E-state index in [1.807, 2.05) is 38.1 Å². The molecule has 1 amide bonds. The molecule has 3 aromatic rings. The number of aromatic nitrogens is 3. The molecule has 0 aliphatic carbocycles. The van der Waals surface area contributed by atoms with Crippen molar-refractivity contribution >= 4 is 16.9 Å². The van der Waals surface area contributed by atoms with Crippen molar-refractivity contribution in [3.8, 4) is 0 Å². The zero-order valence-corrected chi connectivity index (χ0v) is 13.2. The van der Waals surface area contributed by atoms with Crippen LogP contribution < -0.4 is 5.32 Å². The summed E-state index contributed by atoms with van der Waals surface area (Å²) in [5, 5.41) is 11.5. The molecule has 0 radical (unpaired) electrons. The average molecular weight is 314 g/mol. The van der Waals surface area contributed by atoms with E-state index in [1.165, 1.54) is 0 Å². The minimum absolute atomic E-state index is 0.131. The lowest BCUT2D eigenvalue weighted by atomic mass is 10.1. The van der Waals surface area contributed by atoms with Crippen molar-refractivity contribution in [1.82, 2.24) is 20.6 Å². The molecule has 0 aliphatic heterocycles. The minimum atomic E-state index is -0.360. The van der Waals surface area contributed by atoms with Gasteiger partial charge in [-0.1, -0.05) is 36.3 Å². The number of para-hydroxylation sites is 1. The normalized spacial score (nSPS) is 12.7. The maximum Gasteiger partial charge on any atom is 0.248 e. The fourth-order valence-corrected chi connectivity index (χ4v) is 2.23. The molecule has 2 aromatic heterocycles. The van der Waals surface area contributed by atoms with Crippen LogP contribution in [0.1, 0.15) is 50.1 Å². The summed E-state index contributed by atoms with van der Waals surface area (Å²) in [7, 11) is 0. The first-order valence-corrected chi connectivity index (χ1v) is 7.50. The summed E-state index contributed by atoms with van der Waals surface area (Å²) in [5.41, 5.74) is 1.28. The van der Waals surface area contributed by atoms with E-state index >= 15 is 0 Å². The Morgan fingerprint density at radius 1 is 1.17 bits per heavy atom. The van der Waals surface area contributed by atoms with Crippen LogP contribution in [0.15, 0.2) is 33.3 Å². The van der Waals surface area contributed by atoms with Crippen LogP contribution in [0.5, 0.6) is 0 Å². The molecule has 0 saturated heterocycles. The molecule has 3 rings (SSSR count). The summed E-state index contributed by atoms with van der Waals surface area (Å²) in [6.45, 7) is 5.76. The molecule has 1 atom stereocenters. The van der Waals surface area contributed by atoms with Crippen LogP contribution in [-0.4, -0.2) is 21.2 Å². The molecule has 0 bridgehead atoms. The van der Waals surface area contributed by atoms with Crippen LogP contribution in [-0.2, 0) is 11.2 Å². The van der Waals surface area contributed by atoms with Gasteiger partial charge in [0.05, 0.1) is 6.42 Å². The smallest absolute Gasteiger partial charge is 0.248 e.